The number of amides is 2. The van der Waals surface area contributed by atoms with Gasteiger partial charge in [0.2, 0.25) is 11.8 Å². The van der Waals surface area contributed by atoms with Gasteiger partial charge in [-0.05, 0) is 24.6 Å². The van der Waals surface area contributed by atoms with Gasteiger partial charge in [-0.25, -0.2) is 0 Å². The van der Waals surface area contributed by atoms with E-state index in [2.05, 4.69) is 15.8 Å². The highest BCUT2D eigenvalue weighted by Gasteiger charge is 2.13. The number of nitrogens with one attached hydrogen (secondary N) is 2. The number of aromatic nitrogens is 1. The summed E-state index contributed by atoms with van der Waals surface area (Å²) in [6, 6.07) is 16.3. The standard InChI is InChI=1S/C19H17N3O3/c1-12-8-9-15(10-16(12)20-13(2)23)19(24)21-18-11-17(22-25-18)14-6-4-3-5-7-14/h3-11H,1-2H3,(H,20,23)(H,21,24). The van der Waals surface area contributed by atoms with Gasteiger partial charge in [0.1, 0.15) is 5.69 Å². The molecular weight excluding hydrogens is 318 g/mol. The molecule has 3 aromatic rings. The first-order valence-corrected chi connectivity index (χ1v) is 7.74. The van der Waals surface area contributed by atoms with Crippen molar-refractivity contribution in [3.8, 4) is 11.3 Å². The molecule has 0 aliphatic rings. The minimum Gasteiger partial charge on any atom is -0.338 e. The molecule has 126 valence electrons. The maximum Gasteiger partial charge on any atom is 0.258 e. The third-order valence-electron chi connectivity index (χ3n) is 3.63. The van der Waals surface area contributed by atoms with E-state index in [1.807, 2.05) is 37.3 Å². The average molecular weight is 335 g/mol. The van der Waals surface area contributed by atoms with Crippen LogP contribution < -0.4 is 10.6 Å². The van der Waals surface area contributed by atoms with Crippen LogP contribution in [0.1, 0.15) is 22.8 Å². The lowest BCUT2D eigenvalue weighted by molar-refractivity contribution is -0.114. The Kier molecular flexibility index (Phi) is 4.61. The quantitative estimate of drug-likeness (QED) is 0.758. The van der Waals surface area contributed by atoms with E-state index in [0.717, 1.165) is 11.1 Å². The van der Waals surface area contributed by atoms with Gasteiger partial charge < -0.3 is 9.84 Å². The van der Waals surface area contributed by atoms with Crippen LogP contribution in [-0.4, -0.2) is 17.0 Å². The van der Waals surface area contributed by atoms with Gasteiger partial charge in [0, 0.05) is 29.8 Å². The molecule has 3 rings (SSSR count). The third-order valence-corrected chi connectivity index (χ3v) is 3.63. The van der Waals surface area contributed by atoms with Crippen LogP contribution in [0.3, 0.4) is 0 Å². The average Bonchev–Trinajstić information content (AvgIpc) is 3.05. The maximum atomic E-state index is 12.4. The summed E-state index contributed by atoms with van der Waals surface area (Å²) in [7, 11) is 0. The van der Waals surface area contributed by atoms with Gasteiger partial charge >= 0.3 is 0 Å². The Balaban J connectivity index is 1.77. The summed E-state index contributed by atoms with van der Waals surface area (Å²) < 4.78 is 5.18. The first-order chi connectivity index (χ1) is 12.0. The molecule has 0 spiro atoms. The Hall–Kier alpha value is -3.41. The predicted octanol–water partition coefficient (Wildman–Crippen LogP) is 3.86. The van der Waals surface area contributed by atoms with Gasteiger partial charge in [-0.3, -0.25) is 14.9 Å². The molecule has 2 aromatic carbocycles. The van der Waals surface area contributed by atoms with Gasteiger partial charge in [0.05, 0.1) is 0 Å². The van der Waals surface area contributed by atoms with Crippen molar-refractivity contribution in [3.63, 3.8) is 0 Å². The SMILES string of the molecule is CC(=O)Nc1cc(C(=O)Nc2cc(-c3ccccc3)no2)ccc1C. The minimum absolute atomic E-state index is 0.191. The van der Waals surface area contributed by atoms with Crippen LogP contribution >= 0.6 is 0 Å². The highest BCUT2D eigenvalue weighted by molar-refractivity contribution is 6.05. The van der Waals surface area contributed by atoms with Crippen molar-refractivity contribution in [1.29, 1.82) is 0 Å². The summed E-state index contributed by atoms with van der Waals surface area (Å²) in [4.78, 5) is 23.6. The summed E-state index contributed by atoms with van der Waals surface area (Å²) in [6.45, 7) is 3.28. The number of carbonyl (C=O) groups excluding carboxylic acids is 2. The normalized spacial score (nSPS) is 10.3. The summed E-state index contributed by atoms with van der Waals surface area (Å²) >= 11 is 0. The Morgan fingerprint density at radius 2 is 1.76 bits per heavy atom. The van der Waals surface area contributed by atoms with Gasteiger partial charge in [-0.1, -0.05) is 41.6 Å². The Labute approximate surface area is 144 Å². The molecule has 0 saturated carbocycles. The van der Waals surface area contributed by atoms with Crippen LogP contribution in [-0.2, 0) is 4.79 Å². The van der Waals surface area contributed by atoms with Crippen LogP contribution in [0.5, 0.6) is 0 Å². The number of hydrogen-bond acceptors (Lipinski definition) is 4. The first kappa shape index (κ1) is 16.4. The molecular formula is C19H17N3O3. The summed E-state index contributed by atoms with van der Waals surface area (Å²) in [5, 5.41) is 9.33. The molecule has 0 fully saturated rings. The van der Waals surface area contributed by atoms with E-state index in [1.165, 1.54) is 6.92 Å². The van der Waals surface area contributed by atoms with Crippen LogP contribution in [0.2, 0.25) is 0 Å². The second-order valence-corrected chi connectivity index (χ2v) is 5.61. The van der Waals surface area contributed by atoms with Crippen LogP contribution in [0, 0.1) is 6.92 Å². The van der Waals surface area contributed by atoms with Crippen LogP contribution in [0.4, 0.5) is 11.6 Å². The molecule has 0 atom stereocenters. The molecule has 6 heteroatoms. The minimum atomic E-state index is -0.345. The molecule has 0 aliphatic carbocycles. The number of hydrogen-bond donors (Lipinski definition) is 2. The van der Waals surface area contributed by atoms with Crippen molar-refractivity contribution in [3.05, 3.63) is 65.7 Å². The molecule has 1 heterocycles. The topological polar surface area (TPSA) is 84.2 Å². The Morgan fingerprint density at radius 3 is 2.48 bits per heavy atom. The fourth-order valence-electron chi connectivity index (χ4n) is 2.35. The molecule has 0 bridgehead atoms. The number of rotatable bonds is 4. The van der Waals surface area contributed by atoms with Gasteiger partial charge in [-0.2, -0.15) is 0 Å². The van der Waals surface area contributed by atoms with Crippen molar-refractivity contribution in [2.45, 2.75) is 13.8 Å². The fourth-order valence-corrected chi connectivity index (χ4v) is 2.35. The Morgan fingerprint density at radius 1 is 1.00 bits per heavy atom. The van der Waals surface area contributed by atoms with Crippen LogP contribution in [0.25, 0.3) is 11.3 Å². The summed E-state index contributed by atoms with van der Waals surface area (Å²) in [6.07, 6.45) is 0. The highest BCUT2D eigenvalue weighted by Crippen LogP contribution is 2.22. The van der Waals surface area contributed by atoms with E-state index in [9.17, 15) is 9.59 Å². The zero-order valence-corrected chi connectivity index (χ0v) is 13.9. The van der Waals surface area contributed by atoms with E-state index in [1.54, 1.807) is 24.3 Å². The second kappa shape index (κ2) is 7.00. The summed E-state index contributed by atoms with van der Waals surface area (Å²) in [5.74, 6) is -0.281. The fraction of sp³-hybridized carbons (Fsp3) is 0.105. The van der Waals surface area contributed by atoms with Crippen molar-refractivity contribution in [2.75, 3.05) is 10.6 Å². The van der Waals surface area contributed by atoms with E-state index in [-0.39, 0.29) is 17.7 Å². The molecule has 0 saturated heterocycles. The molecule has 6 nitrogen and oxygen atoms in total. The highest BCUT2D eigenvalue weighted by atomic mass is 16.5. The molecule has 25 heavy (non-hydrogen) atoms. The van der Waals surface area contributed by atoms with Gasteiger partial charge in [-0.15, -0.1) is 0 Å². The monoisotopic (exact) mass is 335 g/mol. The largest absolute Gasteiger partial charge is 0.338 e. The molecule has 0 radical (unpaired) electrons. The van der Waals surface area contributed by atoms with Crippen molar-refractivity contribution >= 4 is 23.4 Å². The molecule has 0 unspecified atom stereocenters. The lowest BCUT2D eigenvalue weighted by Crippen LogP contribution is -2.13. The predicted molar refractivity (Wildman–Crippen MR) is 95.4 cm³/mol. The number of aryl methyl sites for hydroxylation is 1. The lowest BCUT2D eigenvalue weighted by atomic mass is 10.1. The number of benzene rings is 2. The second-order valence-electron chi connectivity index (χ2n) is 5.61. The number of carbonyl (C=O) groups is 2. The number of anilines is 2. The lowest BCUT2D eigenvalue weighted by Gasteiger charge is -2.08. The molecule has 2 N–H and O–H groups in total. The maximum absolute atomic E-state index is 12.4. The zero-order chi connectivity index (χ0) is 17.8. The summed E-state index contributed by atoms with van der Waals surface area (Å²) in [5.41, 5.74) is 3.42. The molecule has 0 aliphatic heterocycles. The molecule has 2 amide bonds. The van der Waals surface area contributed by atoms with E-state index in [4.69, 9.17) is 4.52 Å². The van der Waals surface area contributed by atoms with E-state index in [0.29, 0.717) is 16.9 Å². The first-order valence-electron chi connectivity index (χ1n) is 7.74. The van der Waals surface area contributed by atoms with Crippen LogP contribution in [0.15, 0.2) is 59.1 Å². The van der Waals surface area contributed by atoms with Crippen molar-refractivity contribution < 1.29 is 14.1 Å². The van der Waals surface area contributed by atoms with Crippen molar-refractivity contribution in [1.82, 2.24) is 5.16 Å². The smallest absolute Gasteiger partial charge is 0.258 e. The van der Waals surface area contributed by atoms with Gasteiger partial charge in [0.25, 0.3) is 5.91 Å². The Bertz CT molecular complexity index is 917. The van der Waals surface area contributed by atoms with E-state index >= 15 is 0 Å². The van der Waals surface area contributed by atoms with Crippen molar-refractivity contribution in [2.24, 2.45) is 0 Å². The molecule has 1 aromatic heterocycles. The zero-order valence-electron chi connectivity index (χ0n) is 13.9. The van der Waals surface area contributed by atoms with Gasteiger partial charge in [0.15, 0.2) is 0 Å². The third kappa shape index (κ3) is 3.92. The number of nitrogens with zero attached hydrogens (tertiary/aromatic N) is 1. The van der Waals surface area contributed by atoms with E-state index < -0.39 is 0 Å².